The van der Waals surface area contributed by atoms with Crippen LogP contribution in [-0.4, -0.2) is 33.6 Å². The number of hydrazone groups is 1. The summed E-state index contributed by atoms with van der Waals surface area (Å²) in [6.45, 7) is 0. The second-order valence-corrected chi connectivity index (χ2v) is 5.74. The first-order valence-corrected chi connectivity index (χ1v) is 7.21. The molecule has 1 N–H and O–H groups in total. The molecule has 0 saturated heterocycles. The Labute approximate surface area is 129 Å². The summed E-state index contributed by atoms with van der Waals surface area (Å²) in [5, 5.41) is 14.2. The predicted molar refractivity (Wildman–Crippen MR) is 73.0 cm³/mol. The highest BCUT2D eigenvalue weighted by Crippen LogP contribution is 2.48. The Balaban J connectivity index is 2.03. The van der Waals surface area contributed by atoms with Crippen LogP contribution in [0.25, 0.3) is 0 Å². The van der Waals surface area contributed by atoms with Crippen LogP contribution in [0.5, 0.6) is 0 Å². The lowest BCUT2D eigenvalue weighted by Crippen LogP contribution is -2.61. The number of aliphatic hydroxyl groups is 1. The van der Waals surface area contributed by atoms with Gasteiger partial charge in [-0.25, -0.2) is 4.39 Å². The molecule has 1 saturated carbocycles. The second kappa shape index (κ2) is 5.30. The van der Waals surface area contributed by atoms with Crippen molar-refractivity contribution in [2.24, 2.45) is 11.0 Å². The minimum atomic E-state index is -5.05. The SMILES string of the molecule is O=C(c1ccc(F)cc1)N1N=C2CCCC[C@@H]2[C@]1(O)C(F)(F)F. The summed E-state index contributed by atoms with van der Waals surface area (Å²) in [6.07, 6.45) is -3.42. The average Bonchev–Trinajstić information content (AvgIpc) is 2.82. The van der Waals surface area contributed by atoms with Gasteiger partial charge in [0.2, 0.25) is 0 Å². The van der Waals surface area contributed by atoms with Gasteiger partial charge in [-0.1, -0.05) is 6.42 Å². The fraction of sp³-hybridized carbons (Fsp3) is 0.467. The lowest BCUT2D eigenvalue weighted by Gasteiger charge is -2.38. The minimum absolute atomic E-state index is 0.113. The summed E-state index contributed by atoms with van der Waals surface area (Å²) in [5.74, 6) is -2.97. The molecule has 1 aromatic carbocycles. The van der Waals surface area contributed by atoms with Gasteiger partial charge in [0.1, 0.15) is 5.82 Å². The van der Waals surface area contributed by atoms with E-state index in [2.05, 4.69) is 5.10 Å². The zero-order valence-electron chi connectivity index (χ0n) is 12.0. The highest BCUT2D eigenvalue weighted by Gasteiger charge is 2.68. The fourth-order valence-corrected chi connectivity index (χ4v) is 3.13. The first kappa shape index (κ1) is 15.9. The Morgan fingerprint density at radius 2 is 1.91 bits per heavy atom. The quantitative estimate of drug-likeness (QED) is 0.805. The number of benzene rings is 1. The van der Waals surface area contributed by atoms with E-state index in [1.165, 1.54) is 0 Å². The minimum Gasteiger partial charge on any atom is -0.362 e. The molecule has 2 atom stereocenters. The van der Waals surface area contributed by atoms with Crippen LogP contribution in [0.2, 0.25) is 0 Å². The molecular weight excluding hydrogens is 316 g/mol. The Bertz CT molecular complexity index is 656. The number of rotatable bonds is 1. The third kappa shape index (κ3) is 2.41. The standard InChI is InChI=1S/C15H14F4N2O2/c16-10-7-5-9(6-8-10)13(22)21-14(23,15(17,18)19)11-3-1-2-4-12(11)20-21/h5-8,11,23H,1-4H2/t11-,14-/m0/s1. The van der Waals surface area contributed by atoms with Gasteiger partial charge in [0.25, 0.3) is 11.6 Å². The largest absolute Gasteiger partial charge is 0.439 e. The zero-order chi connectivity index (χ0) is 16.8. The number of carbonyl (C=O) groups is 1. The van der Waals surface area contributed by atoms with Gasteiger partial charge in [-0.3, -0.25) is 4.79 Å². The molecule has 1 aromatic rings. The van der Waals surface area contributed by atoms with Crippen molar-refractivity contribution in [1.29, 1.82) is 0 Å². The van der Waals surface area contributed by atoms with E-state index in [0.717, 1.165) is 24.3 Å². The maximum absolute atomic E-state index is 13.5. The van der Waals surface area contributed by atoms with Crippen molar-refractivity contribution in [2.45, 2.75) is 37.6 Å². The highest BCUT2D eigenvalue weighted by atomic mass is 19.4. The molecule has 23 heavy (non-hydrogen) atoms. The van der Waals surface area contributed by atoms with Gasteiger partial charge in [0.15, 0.2) is 0 Å². The van der Waals surface area contributed by atoms with Gasteiger partial charge in [0.05, 0.1) is 5.92 Å². The van der Waals surface area contributed by atoms with Crippen molar-refractivity contribution in [3.63, 3.8) is 0 Å². The molecule has 1 amide bonds. The molecule has 1 aliphatic heterocycles. The first-order chi connectivity index (χ1) is 10.7. The monoisotopic (exact) mass is 330 g/mol. The predicted octanol–water partition coefficient (Wildman–Crippen LogP) is 3.08. The van der Waals surface area contributed by atoms with Crippen molar-refractivity contribution < 1.29 is 27.5 Å². The second-order valence-electron chi connectivity index (χ2n) is 5.74. The lowest BCUT2D eigenvalue weighted by atomic mass is 9.80. The van der Waals surface area contributed by atoms with Crippen molar-refractivity contribution in [2.75, 3.05) is 0 Å². The molecule has 1 aliphatic carbocycles. The summed E-state index contributed by atoms with van der Waals surface area (Å²) in [7, 11) is 0. The van der Waals surface area contributed by atoms with E-state index in [1.807, 2.05) is 0 Å². The van der Waals surface area contributed by atoms with Crippen LogP contribution in [-0.2, 0) is 0 Å². The molecule has 0 radical (unpaired) electrons. The number of nitrogens with zero attached hydrogens (tertiary/aromatic N) is 2. The van der Waals surface area contributed by atoms with E-state index < -0.39 is 29.5 Å². The number of halogens is 4. The molecule has 1 heterocycles. The topological polar surface area (TPSA) is 52.9 Å². The normalized spacial score (nSPS) is 27.6. The van der Waals surface area contributed by atoms with E-state index in [9.17, 15) is 27.5 Å². The Morgan fingerprint density at radius 3 is 2.52 bits per heavy atom. The summed E-state index contributed by atoms with van der Waals surface area (Å²) >= 11 is 0. The van der Waals surface area contributed by atoms with E-state index in [1.54, 1.807) is 0 Å². The number of alkyl halides is 3. The highest BCUT2D eigenvalue weighted by molar-refractivity contribution is 5.99. The van der Waals surface area contributed by atoms with E-state index in [-0.39, 0.29) is 22.7 Å². The number of hydrogen-bond donors (Lipinski definition) is 1. The molecule has 2 aliphatic rings. The van der Waals surface area contributed by atoms with Gasteiger partial charge in [-0.2, -0.15) is 23.3 Å². The number of fused-ring (bicyclic) bond motifs is 1. The molecule has 0 aromatic heterocycles. The van der Waals surface area contributed by atoms with Crippen LogP contribution < -0.4 is 0 Å². The Kier molecular flexibility index (Phi) is 3.66. The molecule has 4 nitrogen and oxygen atoms in total. The molecule has 3 rings (SSSR count). The van der Waals surface area contributed by atoms with Gasteiger partial charge in [-0.05, 0) is 43.5 Å². The van der Waals surface area contributed by atoms with Crippen molar-refractivity contribution in [3.05, 3.63) is 35.6 Å². The lowest BCUT2D eigenvalue weighted by molar-refractivity contribution is -0.312. The molecule has 124 valence electrons. The summed E-state index contributed by atoms with van der Waals surface area (Å²) < 4.78 is 53.5. The average molecular weight is 330 g/mol. The number of hydrogen-bond acceptors (Lipinski definition) is 3. The zero-order valence-corrected chi connectivity index (χ0v) is 12.0. The molecule has 8 heteroatoms. The van der Waals surface area contributed by atoms with E-state index in [4.69, 9.17) is 0 Å². The maximum Gasteiger partial charge on any atom is 0.439 e. The summed E-state index contributed by atoms with van der Waals surface area (Å²) in [4.78, 5) is 12.4. The van der Waals surface area contributed by atoms with Crippen LogP contribution in [0.1, 0.15) is 36.0 Å². The molecular formula is C15H14F4N2O2. The van der Waals surface area contributed by atoms with Crippen LogP contribution in [0.4, 0.5) is 17.6 Å². The van der Waals surface area contributed by atoms with E-state index >= 15 is 0 Å². The number of amides is 1. The van der Waals surface area contributed by atoms with Crippen LogP contribution in [0.15, 0.2) is 29.4 Å². The third-order valence-corrected chi connectivity index (χ3v) is 4.32. The summed E-state index contributed by atoms with van der Waals surface area (Å²) in [6, 6.07) is 4.07. The smallest absolute Gasteiger partial charge is 0.362 e. The van der Waals surface area contributed by atoms with Crippen LogP contribution in [0.3, 0.4) is 0 Å². The van der Waals surface area contributed by atoms with Gasteiger partial charge < -0.3 is 5.11 Å². The number of carbonyl (C=O) groups excluding carboxylic acids is 1. The summed E-state index contributed by atoms with van der Waals surface area (Å²) in [5.41, 5.74) is -3.34. The van der Waals surface area contributed by atoms with Gasteiger partial charge in [-0.15, -0.1) is 0 Å². The molecule has 1 fully saturated rings. The van der Waals surface area contributed by atoms with Crippen molar-refractivity contribution >= 4 is 11.6 Å². The molecule has 0 unspecified atom stereocenters. The first-order valence-electron chi connectivity index (χ1n) is 7.21. The maximum atomic E-state index is 13.5. The Hall–Kier alpha value is -1.96. The van der Waals surface area contributed by atoms with Crippen molar-refractivity contribution in [3.8, 4) is 0 Å². The molecule has 0 spiro atoms. The van der Waals surface area contributed by atoms with Crippen molar-refractivity contribution in [1.82, 2.24) is 5.01 Å². The van der Waals surface area contributed by atoms with Crippen LogP contribution in [0, 0.1) is 11.7 Å². The van der Waals surface area contributed by atoms with E-state index in [0.29, 0.717) is 19.3 Å². The molecule has 0 bridgehead atoms. The Morgan fingerprint density at radius 1 is 1.26 bits per heavy atom. The fourth-order valence-electron chi connectivity index (χ4n) is 3.13. The van der Waals surface area contributed by atoms with Gasteiger partial charge >= 0.3 is 6.18 Å². The van der Waals surface area contributed by atoms with Gasteiger partial charge in [0, 0.05) is 11.3 Å². The van der Waals surface area contributed by atoms with Crippen LogP contribution >= 0.6 is 0 Å². The third-order valence-electron chi connectivity index (χ3n) is 4.32.